The molecule has 1 saturated heterocycles. The van der Waals surface area contributed by atoms with E-state index in [0.717, 1.165) is 16.9 Å². The molecule has 1 aromatic rings. The van der Waals surface area contributed by atoms with Crippen LogP contribution in [0.25, 0.3) is 0 Å². The van der Waals surface area contributed by atoms with Gasteiger partial charge in [0.05, 0.1) is 17.7 Å². The zero-order valence-corrected chi connectivity index (χ0v) is 9.77. The monoisotopic (exact) mass is 234 g/mol. The van der Waals surface area contributed by atoms with Crippen LogP contribution in [-0.2, 0) is 15.4 Å². The van der Waals surface area contributed by atoms with Gasteiger partial charge in [-0.25, -0.2) is 4.99 Å². The summed E-state index contributed by atoms with van der Waals surface area (Å²) in [6, 6.07) is 5.65. The van der Waals surface area contributed by atoms with Crippen LogP contribution in [0.4, 0.5) is 0 Å². The first kappa shape index (κ1) is 10.6. The van der Waals surface area contributed by atoms with Crippen molar-refractivity contribution in [2.24, 2.45) is 10.7 Å². The molecule has 2 aliphatic heterocycles. The fourth-order valence-corrected chi connectivity index (χ4v) is 2.25. The van der Waals surface area contributed by atoms with Crippen LogP contribution in [0.15, 0.2) is 23.2 Å². The number of hydrogen-bond donors (Lipinski definition) is 1. The second kappa shape index (κ2) is 3.45. The van der Waals surface area contributed by atoms with E-state index in [1.54, 1.807) is 0 Å². The third-order valence-corrected chi connectivity index (χ3v) is 2.84. The number of aliphatic imine (C=N–C) groups is 1. The maximum Gasteiger partial charge on any atom is 0.305 e. The SMILES string of the molecule is CCOc1cccc2c1C(N)=NC21OC(C)O1. The molecule has 2 heterocycles. The number of hydrogen-bond acceptors (Lipinski definition) is 5. The lowest BCUT2D eigenvalue weighted by atomic mass is 10.0. The summed E-state index contributed by atoms with van der Waals surface area (Å²) in [5, 5.41) is 0. The summed E-state index contributed by atoms with van der Waals surface area (Å²) in [7, 11) is 0. The highest BCUT2D eigenvalue weighted by molar-refractivity contribution is 6.04. The van der Waals surface area contributed by atoms with Gasteiger partial charge in [-0.2, -0.15) is 0 Å². The molecule has 17 heavy (non-hydrogen) atoms. The molecule has 5 heteroatoms. The van der Waals surface area contributed by atoms with Gasteiger partial charge in [0.1, 0.15) is 11.6 Å². The van der Waals surface area contributed by atoms with Crippen molar-refractivity contribution < 1.29 is 14.2 Å². The smallest absolute Gasteiger partial charge is 0.305 e. The highest BCUT2D eigenvalue weighted by Crippen LogP contribution is 2.47. The Balaban J connectivity index is 2.09. The lowest BCUT2D eigenvalue weighted by Gasteiger charge is -2.41. The molecule has 2 N–H and O–H groups in total. The molecule has 0 bridgehead atoms. The Morgan fingerprint density at radius 2 is 2.24 bits per heavy atom. The van der Waals surface area contributed by atoms with E-state index in [9.17, 15) is 0 Å². The number of rotatable bonds is 2. The molecule has 1 fully saturated rings. The van der Waals surface area contributed by atoms with Gasteiger partial charge in [-0.1, -0.05) is 12.1 Å². The third kappa shape index (κ3) is 1.36. The third-order valence-electron chi connectivity index (χ3n) is 2.84. The molecule has 0 amide bonds. The number of nitrogens with two attached hydrogens (primary N) is 1. The molecule has 0 aliphatic carbocycles. The molecule has 0 radical (unpaired) electrons. The number of benzene rings is 1. The van der Waals surface area contributed by atoms with Crippen molar-refractivity contribution in [2.45, 2.75) is 26.0 Å². The Morgan fingerprint density at radius 3 is 2.88 bits per heavy atom. The molecule has 1 aromatic carbocycles. The first-order chi connectivity index (χ1) is 8.16. The summed E-state index contributed by atoms with van der Waals surface area (Å²) >= 11 is 0. The second-order valence-electron chi connectivity index (χ2n) is 3.99. The highest BCUT2D eigenvalue weighted by Gasteiger charge is 2.52. The summed E-state index contributed by atoms with van der Waals surface area (Å²) in [6.45, 7) is 4.33. The minimum Gasteiger partial charge on any atom is -0.493 e. The van der Waals surface area contributed by atoms with E-state index in [0.29, 0.717) is 12.4 Å². The van der Waals surface area contributed by atoms with E-state index in [-0.39, 0.29) is 6.29 Å². The van der Waals surface area contributed by atoms with Gasteiger partial charge < -0.3 is 10.5 Å². The van der Waals surface area contributed by atoms with E-state index in [4.69, 9.17) is 19.9 Å². The highest BCUT2D eigenvalue weighted by atomic mass is 16.9. The van der Waals surface area contributed by atoms with Gasteiger partial charge in [0.25, 0.3) is 0 Å². The van der Waals surface area contributed by atoms with Gasteiger partial charge in [0, 0.05) is 0 Å². The average molecular weight is 234 g/mol. The van der Waals surface area contributed by atoms with Crippen LogP contribution >= 0.6 is 0 Å². The summed E-state index contributed by atoms with van der Waals surface area (Å²) in [5.41, 5.74) is 7.52. The van der Waals surface area contributed by atoms with E-state index < -0.39 is 5.91 Å². The van der Waals surface area contributed by atoms with E-state index in [1.165, 1.54) is 0 Å². The van der Waals surface area contributed by atoms with Gasteiger partial charge in [-0.3, -0.25) is 9.47 Å². The molecule has 5 nitrogen and oxygen atoms in total. The lowest BCUT2D eigenvalue weighted by molar-refractivity contribution is -0.451. The predicted molar refractivity (Wildman–Crippen MR) is 61.6 cm³/mol. The minimum absolute atomic E-state index is 0.256. The standard InChI is InChI=1S/C12H14N2O3/c1-3-15-9-6-4-5-8-10(9)11(13)14-12(8)16-7(2)17-12/h4-7H,3H2,1-2H3,(H2,13,14). The molecule has 0 aromatic heterocycles. The zero-order valence-electron chi connectivity index (χ0n) is 9.77. The first-order valence-corrected chi connectivity index (χ1v) is 5.64. The molecule has 0 unspecified atom stereocenters. The van der Waals surface area contributed by atoms with Crippen LogP contribution < -0.4 is 10.5 Å². The zero-order chi connectivity index (χ0) is 12.0. The minimum atomic E-state index is -1.04. The lowest BCUT2D eigenvalue weighted by Crippen LogP contribution is -2.47. The summed E-state index contributed by atoms with van der Waals surface area (Å²) in [4.78, 5) is 4.26. The van der Waals surface area contributed by atoms with E-state index in [1.807, 2.05) is 32.0 Å². The van der Waals surface area contributed by atoms with Crippen LogP contribution in [0.5, 0.6) is 5.75 Å². The average Bonchev–Trinajstić information content (AvgIpc) is 2.54. The topological polar surface area (TPSA) is 66.1 Å². The summed E-state index contributed by atoms with van der Waals surface area (Å²) < 4.78 is 16.7. The number of amidine groups is 1. The molecular weight excluding hydrogens is 220 g/mol. The van der Waals surface area contributed by atoms with Gasteiger partial charge in [-0.05, 0) is 19.9 Å². The molecule has 3 rings (SSSR count). The van der Waals surface area contributed by atoms with Crippen molar-refractivity contribution in [2.75, 3.05) is 6.61 Å². The maximum absolute atomic E-state index is 5.92. The van der Waals surface area contributed by atoms with Crippen molar-refractivity contribution in [3.63, 3.8) is 0 Å². The number of fused-ring (bicyclic) bond motifs is 2. The second-order valence-corrected chi connectivity index (χ2v) is 3.99. The Kier molecular flexibility index (Phi) is 2.14. The molecule has 1 spiro atoms. The van der Waals surface area contributed by atoms with Gasteiger partial charge in [0.15, 0.2) is 6.29 Å². The number of nitrogens with zero attached hydrogens (tertiary/aromatic N) is 1. The Hall–Kier alpha value is -1.59. The molecule has 0 saturated carbocycles. The molecule has 2 aliphatic rings. The van der Waals surface area contributed by atoms with Crippen molar-refractivity contribution in [1.29, 1.82) is 0 Å². The van der Waals surface area contributed by atoms with E-state index in [2.05, 4.69) is 4.99 Å². The molecular formula is C12H14N2O3. The molecule has 0 atom stereocenters. The van der Waals surface area contributed by atoms with E-state index >= 15 is 0 Å². The van der Waals surface area contributed by atoms with Crippen molar-refractivity contribution >= 4 is 5.84 Å². The normalized spacial score (nSPS) is 29.8. The van der Waals surface area contributed by atoms with Crippen LogP contribution in [-0.4, -0.2) is 18.7 Å². The van der Waals surface area contributed by atoms with Crippen molar-refractivity contribution in [1.82, 2.24) is 0 Å². The van der Waals surface area contributed by atoms with Crippen LogP contribution in [0, 0.1) is 0 Å². The van der Waals surface area contributed by atoms with Crippen LogP contribution in [0.1, 0.15) is 25.0 Å². The maximum atomic E-state index is 5.92. The predicted octanol–water partition coefficient (Wildman–Crippen LogP) is 1.31. The first-order valence-electron chi connectivity index (χ1n) is 5.64. The Labute approximate surface area is 99.2 Å². The summed E-state index contributed by atoms with van der Waals surface area (Å²) in [5.74, 6) is 0.0807. The van der Waals surface area contributed by atoms with Gasteiger partial charge in [0.2, 0.25) is 0 Å². The quantitative estimate of drug-likeness (QED) is 0.837. The number of ether oxygens (including phenoxy) is 3. The van der Waals surface area contributed by atoms with Crippen molar-refractivity contribution in [3.05, 3.63) is 29.3 Å². The van der Waals surface area contributed by atoms with Gasteiger partial charge in [-0.15, -0.1) is 0 Å². The Morgan fingerprint density at radius 1 is 1.47 bits per heavy atom. The largest absolute Gasteiger partial charge is 0.493 e. The summed E-state index contributed by atoms with van der Waals surface area (Å²) in [6.07, 6.45) is -0.256. The fraction of sp³-hybridized carbons (Fsp3) is 0.417. The fourth-order valence-electron chi connectivity index (χ4n) is 2.25. The molecule has 90 valence electrons. The van der Waals surface area contributed by atoms with Crippen molar-refractivity contribution in [3.8, 4) is 5.75 Å². The van der Waals surface area contributed by atoms with Crippen LogP contribution in [0.3, 0.4) is 0 Å². The van der Waals surface area contributed by atoms with Crippen LogP contribution in [0.2, 0.25) is 0 Å². The van der Waals surface area contributed by atoms with Gasteiger partial charge >= 0.3 is 5.91 Å². The Bertz CT molecular complexity index is 493.